The minimum atomic E-state index is -0.581. The Morgan fingerprint density at radius 2 is 1.86 bits per heavy atom. The van der Waals surface area contributed by atoms with Gasteiger partial charge in [-0.3, -0.25) is 9.79 Å². The first-order chi connectivity index (χ1) is 14.3. The SMILES string of the molecule is O=C1C(C=NCc2ccco2)=C(c2ccccc2)NC1c1nc2ccccc2[nH]1. The molecule has 6 heteroatoms. The highest BCUT2D eigenvalue weighted by Gasteiger charge is 2.35. The Morgan fingerprint density at radius 1 is 1.03 bits per heavy atom. The summed E-state index contributed by atoms with van der Waals surface area (Å²) in [7, 11) is 0. The Morgan fingerprint density at radius 3 is 2.66 bits per heavy atom. The predicted molar refractivity (Wildman–Crippen MR) is 111 cm³/mol. The summed E-state index contributed by atoms with van der Waals surface area (Å²) in [6.45, 7) is 0.376. The van der Waals surface area contributed by atoms with E-state index in [0.29, 0.717) is 17.9 Å². The maximum atomic E-state index is 13.3. The molecule has 1 atom stereocenters. The van der Waals surface area contributed by atoms with Gasteiger partial charge in [-0.2, -0.15) is 0 Å². The van der Waals surface area contributed by atoms with Gasteiger partial charge in [-0.1, -0.05) is 42.5 Å². The Balaban J connectivity index is 1.50. The van der Waals surface area contributed by atoms with E-state index in [1.807, 2.05) is 66.7 Å². The molecule has 1 aliphatic heterocycles. The molecule has 29 heavy (non-hydrogen) atoms. The number of ketones is 1. The molecule has 5 rings (SSSR count). The molecule has 2 aromatic heterocycles. The van der Waals surface area contributed by atoms with Crippen LogP contribution in [0.4, 0.5) is 0 Å². The molecular formula is C23H18N4O2. The fourth-order valence-corrected chi connectivity index (χ4v) is 3.47. The maximum absolute atomic E-state index is 13.3. The lowest BCUT2D eigenvalue weighted by atomic mass is 10.1. The summed E-state index contributed by atoms with van der Waals surface area (Å²) < 4.78 is 5.32. The number of hydrogen-bond acceptors (Lipinski definition) is 5. The van der Waals surface area contributed by atoms with Gasteiger partial charge in [0.15, 0.2) is 5.78 Å². The molecule has 0 aliphatic carbocycles. The van der Waals surface area contributed by atoms with Crippen LogP contribution in [0.5, 0.6) is 0 Å². The van der Waals surface area contributed by atoms with Crippen molar-refractivity contribution < 1.29 is 9.21 Å². The Bertz CT molecular complexity index is 1190. The van der Waals surface area contributed by atoms with Crippen LogP contribution in [-0.2, 0) is 11.3 Å². The van der Waals surface area contributed by atoms with Crippen LogP contribution in [0.1, 0.15) is 23.2 Å². The molecule has 2 N–H and O–H groups in total. The summed E-state index contributed by atoms with van der Waals surface area (Å²) in [5, 5.41) is 3.35. The van der Waals surface area contributed by atoms with Crippen molar-refractivity contribution in [2.75, 3.05) is 0 Å². The van der Waals surface area contributed by atoms with Gasteiger partial charge in [-0.05, 0) is 29.8 Å². The van der Waals surface area contributed by atoms with E-state index in [1.165, 1.54) is 0 Å². The number of fused-ring (bicyclic) bond motifs is 1. The topological polar surface area (TPSA) is 83.3 Å². The average Bonchev–Trinajstić information content (AvgIpc) is 3.48. The summed E-state index contributed by atoms with van der Waals surface area (Å²) in [6.07, 6.45) is 3.24. The number of aromatic nitrogens is 2. The van der Waals surface area contributed by atoms with Crippen molar-refractivity contribution in [1.82, 2.24) is 15.3 Å². The lowest BCUT2D eigenvalue weighted by Crippen LogP contribution is -2.21. The van der Waals surface area contributed by atoms with Crippen LogP contribution in [0.3, 0.4) is 0 Å². The van der Waals surface area contributed by atoms with Gasteiger partial charge in [-0.15, -0.1) is 0 Å². The summed E-state index contributed by atoms with van der Waals surface area (Å²) in [6, 6.07) is 20.6. The van der Waals surface area contributed by atoms with Crippen LogP contribution in [0.25, 0.3) is 16.7 Å². The summed E-state index contributed by atoms with van der Waals surface area (Å²) >= 11 is 0. The Kier molecular flexibility index (Phi) is 4.29. The van der Waals surface area contributed by atoms with Gasteiger partial charge in [0.1, 0.15) is 17.6 Å². The molecule has 0 amide bonds. The van der Waals surface area contributed by atoms with Gasteiger partial charge >= 0.3 is 0 Å². The second-order valence-corrected chi connectivity index (χ2v) is 6.78. The zero-order valence-electron chi connectivity index (χ0n) is 15.5. The molecule has 0 radical (unpaired) electrons. The number of benzene rings is 2. The van der Waals surface area contributed by atoms with Gasteiger partial charge in [0.2, 0.25) is 0 Å². The third-order valence-electron chi connectivity index (χ3n) is 4.88. The lowest BCUT2D eigenvalue weighted by Gasteiger charge is -2.09. The number of carbonyl (C=O) groups excluding carboxylic acids is 1. The minimum absolute atomic E-state index is 0.0638. The zero-order chi connectivity index (χ0) is 19.6. The molecule has 142 valence electrons. The third kappa shape index (κ3) is 3.25. The fourth-order valence-electron chi connectivity index (χ4n) is 3.47. The van der Waals surface area contributed by atoms with E-state index in [0.717, 1.165) is 28.1 Å². The predicted octanol–water partition coefficient (Wildman–Crippen LogP) is 4.05. The number of nitrogens with one attached hydrogen (secondary N) is 2. The number of para-hydroxylation sites is 2. The summed E-state index contributed by atoms with van der Waals surface area (Å²) in [5.74, 6) is 1.28. The fraction of sp³-hybridized carbons (Fsp3) is 0.0870. The second-order valence-electron chi connectivity index (χ2n) is 6.78. The number of Topliss-reactive ketones (excluding diaryl/α,β-unsaturated/α-hetero) is 1. The van der Waals surface area contributed by atoms with Gasteiger partial charge in [0.25, 0.3) is 0 Å². The van der Waals surface area contributed by atoms with E-state index in [9.17, 15) is 4.79 Å². The van der Waals surface area contributed by atoms with E-state index in [4.69, 9.17) is 4.42 Å². The van der Waals surface area contributed by atoms with E-state index in [2.05, 4.69) is 20.3 Å². The average molecular weight is 382 g/mol. The van der Waals surface area contributed by atoms with Gasteiger partial charge in [0, 0.05) is 6.21 Å². The molecule has 0 spiro atoms. The monoisotopic (exact) mass is 382 g/mol. The number of aromatic amines is 1. The van der Waals surface area contributed by atoms with Crippen molar-refractivity contribution in [2.45, 2.75) is 12.6 Å². The van der Waals surface area contributed by atoms with Crippen molar-refractivity contribution in [3.8, 4) is 0 Å². The van der Waals surface area contributed by atoms with E-state index in [1.54, 1.807) is 12.5 Å². The Labute approximate surface area is 167 Å². The number of hydrogen-bond donors (Lipinski definition) is 2. The number of furan rings is 1. The smallest absolute Gasteiger partial charge is 0.196 e. The minimum Gasteiger partial charge on any atom is -0.467 e. The standard InChI is InChI=1S/C23H18N4O2/c28-22-17(14-24-13-16-9-6-12-29-16)20(15-7-2-1-3-8-15)27-21(22)23-25-18-10-4-5-11-19(18)26-23/h1-12,14,21,27H,13H2,(H,25,26). The van der Waals surface area contributed by atoms with Crippen LogP contribution >= 0.6 is 0 Å². The molecule has 0 saturated heterocycles. The highest BCUT2D eigenvalue weighted by Crippen LogP contribution is 2.31. The summed E-state index contributed by atoms with van der Waals surface area (Å²) in [5.41, 5.74) is 3.95. The second kappa shape index (κ2) is 7.24. The highest BCUT2D eigenvalue weighted by atomic mass is 16.3. The van der Waals surface area contributed by atoms with Crippen LogP contribution in [0.2, 0.25) is 0 Å². The van der Waals surface area contributed by atoms with E-state index < -0.39 is 6.04 Å². The van der Waals surface area contributed by atoms with Crippen molar-refractivity contribution in [3.63, 3.8) is 0 Å². The number of aliphatic imine (C=N–C) groups is 1. The van der Waals surface area contributed by atoms with Crippen LogP contribution in [0, 0.1) is 0 Å². The number of carbonyl (C=O) groups is 1. The molecule has 2 aromatic carbocycles. The molecule has 4 aromatic rings. The first kappa shape index (κ1) is 17.2. The largest absolute Gasteiger partial charge is 0.467 e. The maximum Gasteiger partial charge on any atom is 0.196 e. The molecule has 3 heterocycles. The first-order valence-corrected chi connectivity index (χ1v) is 9.37. The number of H-pyrrole nitrogens is 1. The number of rotatable bonds is 5. The zero-order valence-corrected chi connectivity index (χ0v) is 15.5. The third-order valence-corrected chi connectivity index (χ3v) is 4.88. The normalized spacial score (nSPS) is 16.8. The Hall–Kier alpha value is -3.93. The summed E-state index contributed by atoms with van der Waals surface area (Å²) in [4.78, 5) is 25.6. The molecule has 0 fully saturated rings. The number of nitrogens with zero attached hydrogens (tertiary/aromatic N) is 2. The molecule has 0 bridgehead atoms. The van der Waals surface area contributed by atoms with Gasteiger partial charge in [0.05, 0.1) is 35.1 Å². The van der Waals surface area contributed by atoms with E-state index in [-0.39, 0.29) is 5.78 Å². The first-order valence-electron chi connectivity index (χ1n) is 9.37. The van der Waals surface area contributed by atoms with E-state index >= 15 is 0 Å². The molecule has 1 aliphatic rings. The number of imidazole rings is 1. The van der Waals surface area contributed by atoms with Crippen LogP contribution in [0.15, 0.2) is 88.0 Å². The van der Waals surface area contributed by atoms with Crippen molar-refractivity contribution in [2.24, 2.45) is 4.99 Å². The molecule has 0 saturated carbocycles. The van der Waals surface area contributed by atoms with Crippen LogP contribution < -0.4 is 5.32 Å². The molecule has 1 unspecified atom stereocenters. The highest BCUT2D eigenvalue weighted by molar-refractivity contribution is 6.24. The lowest BCUT2D eigenvalue weighted by molar-refractivity contribution is -0.116. The van der Waals surface area contributed by atoms with Gasteiger partial charge < -0.3 is 14.7 Å². The molecule has 6 nitrogen and oxygen atoms in total. The van der Waals surface area contributed by atoms with Gasteiger partial charge in [-0.25, -0.2) is 4.98 Å². The molecular weight excluding hydrogens is 364 g/mol. The van der Waals surface area contributed by atoms with Crippen LogP contribution in [-0.4, -0.2) is 22.0 Å². The van der Waals surface area contributed by atoms with Crippen molar-refractivity contribution in [1.29, 1.82) is 0 Å². The van der Waals surface area contributed by atoms with Crippen molar-refractivity contribution in [3.05, 3.63) is 95.7 Å². The quantitative estimate of drug-likeness (QED) is 0.510. The van der Waals surface area contributed by atoms with Crippen molar-refractivity contribution >= 4 is 28.7 Å².